The van der Waals surface area contributed by atoms with Crippen molar-refractivity contribution in [1.82, 2.24) is 0 Å². The molecule has 6 heteroatoms. The predicted octanol–water partition coefficient (Wildman–Crippen LogP) is 5.01. The zero-order chi connectivity index (χ0) is 13.6. The highest BCUT2D eigenvalue weighted by Gasteiger charge is 2.51. The second-order valence-electron chi connectivity index (χ2n) is 5.08. The van der Waals surface area contributed by atoms with E-state index in [-0.39, 0.29) is 18.8 Å². The van der Waals surface area contributed by atoms with Gasteiger partial charge in [-0.25, -0.2) is 0 Å². The summed E-state index contributed by atoms with van der Waals surface area (Å²) in [6.45, 7) is 0. The third kappa shape index (κ3) is 2.52. The molecule has 0 nitrogen and oxygen atoms in total. The van der Waals surface area contributed by atoms with Crippen molar-refractivity contribution in [2.24, 2.45) is 11.8 Å². The lowest BCUT2D eigenvalue weighted by Gasteiger charge is -2.39. The summed E-state index contributed by atoms with van der Waals surface area (Å²) >= 11 is 0. The van der Waals surface area contributed by atoms with Gasteiger partial charge in [0.05, 0.1) is 0 Å². The summed E-state index contributed by atoms with van der Waals surface area (Å²) < 4.78 is 77.0. The molecule has 2 atom stereocenters. The van der Waals surface area contributed by atoms with Gasteiger partial charge in [0.25, 0.3) is 0 Å². The molecule has 18 heavy (non-hydrogen) atoms. The van der Waals surface area contributed by atoms with Crippen molar-refractivity contribution in [2.45, 2.75) is 50.9 Å². The second-order valence-corrected chi connectivity index (χ2v) is 5.08. The van der Waals surface area contributed by atoms with Crippen molar-refractivity contribution >= 4 is 0 Å². The molecule has 0 aromatic rings. The van der Waals surface area contributed by atoms with E-state index in [1.807, 2.05) is 0 Å². The molecule has 0 aromatic heterocycles. The Bertz CT molecular complexity index is 349. The van der Waals surface area contributed by atoms with Crippen LogP contribution in [-0.2, 0) is 0 Å². The molecule has 0 saturated heterocycles. The monoisotopic (exact) mass is 272 g/mol. The van der Waals surface area contributed by atoms with Crippen molar-refractivity contribution in [3.63, 3.8) is 0 Å². The fraction of sp³-hybridized carbons (Fsp3) is 0.833. The molecule has 0 bridgehead atoms. The average Bonchev–Trinajstić information content (AvgIpc) is 2.24. The first-order valence-corrected chi connectivity index (χ1v) is 6.08. The van der Waals surface area contributed by atoms with Crippen LogP contribution in [0.2, 0.25) is 0 Å². The van der Waals surface area contributed by atoms with Crippen LogP contribution in [0.1, 0.15) is 38.5 Å². The maximum absolute atomic E-state index is 12.9. The van der Waals surface area contributed by atoms with Gasteiger partial charge >= 0.3 is 12.4 Å². The molecule has 0 heterocycles. The van der Waals surface area contributed by atoms with Gasteiger partial charge in [-0.3, -0.25) is 0 Å². The van der Waals surface area contributed by atoms with E-state index >= 15 is 0 Å². The third-order valence-electron chi connectivity index (χ3n) is 4.02. The molecule has 2 aliphatic rings. The number of allylic oxidation sites excluding steroid dienone is 2. The first-order chi connectivity index (χ1) is 8.21. The van der Waals surface area contributed by atoms with E-state index in [1.165, 1.54) is 0 Å². The van der Waals surface area contributed by atoms with E-state index in [4.69, 9.17) is 0 Å². The number of fused-ring (bicyclic) bond motifs is 1. The van der Waals surface area contributed by atoms with Crippen LogP contribution in [0.15, 0.2) is 11.1 Å². The number of hydrogen-bond acceptors (Lipinski definition) is 0. The van der Waals surface area contributed by atoms with E-state index in [0.29, 0.717) is 12.8 Å². The van der Waals surface area contributed by atoms with E-state index in [1.54, 1.807) is 0 Å². The van der Waals surface area contributed by atoms with Gasteiger partial charge in [-0.05, 0) is 37.5 Å². The largest absolute Gasteiger partial charge is 0.413 e. The molecule has 2 unspecified atom stereocenters. The third-order valence-corrected chi connectivity index (χ3v) is 4.02. The van der Waals surface area contributed by atoms with Gasteiger partial charge in [0.15, 0.2) is 0 Å². The normalized spacial score (nSPS) is 30.3. The molecule has 1 saturated carbocycles. The van der Waals surface area contributed by atoms with Gasteiger partial charge in [0.1, 0.15) is 0 Å². The van der Waals surface area contributed by atoms with Gasteiger partial charge in [-0.1, -0.05) is 12.8 Å². The van der Waals surface area contributed by atoms with Gasteiger partial charge in [0, 0.05) is 11.1 Å². The summed E-state index contributed by atoms with van der Waals surface area (Å²) in [5.41, 5.74) is -2.62. The van der Waals surface area contributed by atoms with Crippen molar-refractivity contribution in [3.8, 4) is 0 Å². The molecule has 2 rings (SSSR count). The fourth-order valence-electron chi connectivity index (χ4n) is 3.30. The van der Waals surface area contributed by atoms with Crippen LogP contribution in [0.5, 0.6) is 0 Å². The summed E-state index contributed by atoms with van der Waals surface area (Å²) in [7, 11) is 0. The maximum atomic E-state index is 12.9. The number of rotatable bonds is 0. The summed E-state index contributed by atoms with van der Waals surface area (Å²) in [5, 5.41) is 0. The van der Waals surface area contributed by atoms with Crippen molar-refractivity contribution in [1.29, 1.82) is 0 Å². The summed E-state index contributed by atoms with van der Waals surface area (Å²) in [6, 6.07) is 0. The Morgan fingerprint density at radius 3 is 1.94 bits per heavy atom. The van der Waals surface area contributed by atoms with E-state index < -0.39 is 35.8 Å². The Morgan fingerprint density at radius 1 is 0.778 bits per heavy atom. The maximum Gasteiger partial charge on any atom is 0.413 e. The quantitative estimate of drug-likeness (QED) is 0.429. The molecule has 0 aromatic carbocycles. The standard InChI is InChI=1S/C12H14F6/c13-11(14,15)9-6-5-7-3-1-2-4-8(7)10(9)12(16,17)18/h7-8H,1-6H2. The zero-order valence-electron chi connectivity index (χ0n) is 9.67. The number of hydrogen-bond donors (Lipinski definition) is 0. The van der Waals surface area contributed by atoms with Gasteiger partial charge < -0.3 is 0 Å². The summed E-state index contributed by atoms with van der Waals surface area (Å²) in [4.78, 5) is 0. The molecular formula is C12H14F6. The molecule has 0 spiro atoms. The molecule has 0 aliphatic heterocycles. The number of alkyl halides is 6. The van der Waals surface area contributed by atoms with E-state index in [2.05, 4.69) is 0 Å². The minimum absolute atomic E-state index is 0.221. The van der Waals surface area contributed by atoms with Crippen LogP contribution in [0, 0.1) is 11.8 Å². The van der Waals surface area contributed by atoms with Gasteiger partial charge in [-0.2, -0.15) is 26.3 Å². The fourth-order valence-corrected chi connectivity index (χ4v) is 3.30. The minimum Gasteiger partial charge on any atom is -0.166 e. The molecule has 0 N–H and O–H groups in total. The number of halogens is 6. The second kappa shape index (κ2) is 4.46. The first kappa shape index (κ1) is 13.7. The van der Waals surface area contributed by atoms with Crippen molar-refractivity contribution < 1.29 is 26.3 Å². The van der Waals surface area contributed by atoms with Crippen molar-refractivity contribution in [2.75, 3.05) is 0 Å². The van der Waals surface area contributed by atoms with E-state index in [9.17, 15) is 26.3 Å². The molecular weight excluding hydrogens is 258 g/mol. The smallest absolute Gasteiger partial charge is 0.166 e. The Kier molecular flexibility index (Phi) is 3.40. The molecule has 2 aliphatic carbocycles. The van der Waals surface area contributed by atoms with Crippen LogP contribution >= 0.6 is 0 Å². The van der Waals surface area contributed by atoms with Gasteiger partial charge in [-0.15, -0.1) is 0 Å². The average molecular weight is 272 g/mol. The Morgan fingerprint density at radius 2 is 1.39 bits per heavy atom. The Labute approximate surface area is 101 Å². The topological polar surface area (TPSA) is 0 Å². The van der Waals surface area contributed by atoms with Crippen LogP contribution < -0.4 is 0 Å². The van der Waals surface area contributed by atoms with Crippen LogP contribution in [0.25, 0.3) is 0 Å². The lowest BCUT2D eigenvalue weighted by molar-refractivity contribution is -0.129. The van der Waals surface area contributed by atoms with Gasteiger partial charge in [0.2, 0.25) is 0 Å². The predicted molar refractivity (Wildman–Crippen MR) is 53.8 cm³/mol. The zero-order valence-corrected chi connectivity index (χ0v) is 9.67. The highest BCUT2D eigenvalue weighted by Crippen LogP contribution is 2.52. The van der Waals surface area contributed by atoms with Crippen LogP contribution in [-0.4, -0.2) is 12.4 Å². The summed E-state index contributed by atoms with van der Waals surface area (Å²) in [5.74, 6) is -1.16. The highest BCUT2D eigenvalue weighted by molar-refractivity contribution is 5.29. The summed E-state index contributed by atoms with van der Waals surface area (Å²) in [6.07, 6.45) is -7.69. The van der Waals surface area contributed by atoms with E-state index in [0.717, 1.165) is 6.42 Å². The van der Waals surface area contributed by atoms with Crippen LogP contribution in [0.3, 0.4) is 0 Å². The van der Waals surface area contributed by atoms with Crippen LogP contribution in [0.4, 0.5) is 26.3 Å². The Hall–Kier alpha value is -0.680. The lowest BCUT2D eigenvalue weighted by atomic mass is 9.67. The SMILES string of the molecule is FC(F)(F)C1=C(C(F)(F)F)C2CCCCC2CC1. The molecule has 104 valence electrons. The lowest BCUT2D eigenvalue weighted by Crippen LogP contribution is -2.36. The minimum atomic E-state index is -4.86. The molecule has 1 fully saturated rings. The van der Waals surface area contributed by atoms with Crippen molar-refractivity contribution in [3.05, 3.63) is 11.1 Å². The molecule has 0 amide bonds. The first-order valence-electron chi connectivity index (χ1n) is 6.08. The highest BCUT2D eigenvalue weighted by atomic mass is 19.4. The Balaban J connectivity index is 2.46. The molecule has 0 radical (unpaired) electrons.